The van der Waals surface area contributed by atoms with E-state index in [1.54, 1.807) is 0 Å². The fourth-order valence-corrected chi connectivity index (χ4v) is 1.79. The highest BCUT2D eigenvalue weighted by molar-refractivity contribution is 9.10. The number of anilines is 1. The maximum atomic E-state index is 5.94. The SMILES string of the molecule is CC(C)(N)c1cc(N)ccc1Br. The molecule has 0 amide bonds. The number of nitrogens with two attached hydrogens (primary N) is 2. The number of benzene rings is 1. The number of halogens is 1. The molecule has 0 bridgehead atoms. The highest BCUT2D eigenvalue weighted by atomic mass is 79.9. The van der Waals surface area contributed by atoms with Crippen LogP contribution in [0.5, 0.6) is 0 Å². The Morgan fingerprint density at radius 2 is 1.92 bits per heavy atom. The third kappa shape index (κ3) is 1.99. The maximum Gasteiger partial charge on any atom is 0.0364 e. The number of nitrogen functional groups attached to an aromatic ring is 1. The van der Waals surface area contributed by atoms with E-state index in [9.17, 15) is 0 Å². The van der Waals surface area contributed by atoms with Crippen LogP contribution in [0.1, 0.15) is 19.4 Å². The highest BCUT2D eigenvalue weighted by Crippen LogP contribution is 2.27. The summed E-state index contributed by atoms with van der Waals surface area (Å²) in [6.45, 7) is 3.90. The van der Waals surface area contributed by atoms with Crippen LogP contribution in [-0.4, -0.2) is 0 Å². The van der Waals surface area contributed by atoms with Gasteiger partial charge in [0, 0.05) is 15.7 Å². The van der Waals surface area contributed by atoms with Gasteiger partial charge in [0.25, 0.3) is 0 Å². The Bertz CT molecular complexity index is 289. The molecule has 0 unspecified atom stereocenters. The van der Waals surface area contributed by atoms with Crippen molar-refractivity contribution in [1.29, 1.82) is 0 Å². The molecule has 66 valence electrons. The molecule has 4 N–H and O–H groups in total. The average molecular weight is 229 g/mol. The Kier molecular flexibility index (Phi) is 2.44. The lowest BCUT2D eigenvalue weighted by molar-refractivity contribution is 0.552. The normalized spacial score (nSPS) is 11.7. The second kappa shape index (κ2) is 3.07. The van der Waals surface area contributed by atoms with Gasteiger partial charge in [-0.15, -0.1) is 0 Å². The van der Waals surface area contributed by atoms with Crippen LogP contribution in [0, 0.1) is 0 Å². The second-order valence-corrected chi connectivity index (χ2v) is 4.32. The van der Waals surface area contributed by atoms with Crippen LogP contribution in [0.25, 0.3) is 0 Å². The van der Waals surface area contributed by atoms with E-state index >= 15 is 0 Å². The van der Waals surface area contributed by atoms with Crippen molar-refractivity contribution in [3.8, 4) is 0 Å². The molecule has 1 aromatic rings. The van der Waals surface area contributed by atoms with Crippen LogP contribution in [-0.2, 0) is 5.54 Å². The van der Waals surface area contributed by atoms with Gasteiger partial charge in [-0.05, 0) is 37.6 Å². The molecular weight excluding hydrogens is 216 g/mol. The summed E-state index contributed by atoms with van der Waals surface area (Å²) in [7, 11) is 0. The zero-order valence-corrected chi connectivity index (χ0v) is 8.85. The predicted octanol–water partition coefficient (Wildman–Crippen LogP) is 2.23. The van der Waals surface area contributed by atoms with E-state index in [-0.39, 0.29) is 5.54 Å². The van der Waals surface area contributed by atoms with E-state index in [0.717, 1.165) is 15.7 Å². The topological polar surface area (TPSA) is 52.0 Å². The zero-order valence-electron chi connectivity index (χ0n) is 7.26. The van der Waals surface area contributed by atoms with Crippen molar-refractivity contribution in [3.63, 3.8) is 0 Å². The van der Waals surface area contributed by atoms with Crippen molar-refractivity contribution >= 4 is 21.6 Å². The highest BCUT2D eigenvalue weighted by Gasteiger charge is 2.17. The van der Waals surface area contributed by atoms with Crippen molar-refractivity contribution in [3.05, 3.63) is 28.2 Å². The molecule has 2 nitrogen and oxygen atoms in total. The monoisotopic (exact) mass is 228 g/mol. The molecule has 0 atom stereocenters. The first-order valence-electron chi connectivity index (χ1n) is 3.75. The number of hydrogen-bond acceptors (Lipinski definition) is 2. The number of rotatable bonds is 1. The predicted molar refractivity (Wildman–Crippen MR) is 55.8 cm³/mol. The summed E-state index contributed by atoms with van der Waals surface area (Å²) in [5.41, 5.74) is 13.0. The van der Waals surface area contributed by atoms with Gasteiger partial charge in [-0.2, -0.15) is 0 Å². The van der Waals surface area contributed by atoms with Crippen LogP contribution in [0.15, 0.2) is 22.7 Å². The molecular formula is C9H13BrN2. The molecule has 0 heterocycles. The summed E-state index contributed by atoms with van der Waals surface area (Å²) in [6, 6.07) is 5.66. The molecule has 1 aromatic carbocycles. The first-order chi connectivity index (χ1) is 5.41. The van der Waals surface area contributed by atoms with Crippen molar-refractivity contribution in [1.82, 2.24) is 0 Å². The van der Waals surface area contributed by atoms with E-state index in [2.05, 4.69) is 15.9 Å². The lowest BCUT2D eigenvalue weighted by atomic mass is 9.95. The van der Waals surface area contributed by atoms with E-state index in [1.807, 2.05) is 32.0 Å². The van der Waals surface area contributed by atoms with Gasteiger partial charge < -0.3 is 11.5 Å². The summed E-state index contributed by atoms with van der Waals surface area (Å²) in [5.74, 6) is 0. The molecule has 1 rings (SSSR count). The van der Waals surface area contributed by atoms with E-state index in [0.29, 0.717) is 0 Å². The van der Waals surface area contributed by atoms with E-state index < -0.39 is 0 Å². The van der Waals surface area contributed by atoms with Crippen molar-refractivity contribution in [2.45, 2.75) is 19.4 Å². The molecule has 12 heavy (non-hydrogen) atoms. The summed E-state index contributed by atoms with van der Waals surface area (Å²) in [4.78, 5) is 0. The Labute approximate surface area is 81.1 Å². The lowest BCUT2D eigenvalue weighted by Crippen LogP contribution is -2.29. The lowest BCUT2D eigenvalue weighted by Gasteiger charge is -2.21. The third-order valence-electron chi connectivity index (χ3n) is 1.68. The molecule has 0 aromatic heterocycles. The van der Waals surface area contributed by atoms with Crippen LogP contribution in [0.4, 0.5) is 5.69 Å². The second-order valence-electron chi connectivity index (χ2n) is 3.46. The average Bonchev–Trinajstić information content (AvgIpc) is 1.92. The minimum Gasteiger partial charge on any atom is -0.399 e. The molecule has 0 saturated heterocycles. The molecule has 0 spiro atoms. The first-order valence-corrected chi connectivity index (χ1v) is 4.55. The van der Waals surface area contributed by atoms with Gasteiger partial charge in [-0.3, -0.25) is 0 Å². The van der Waals surface area contributed by atoms with E-state index in [4.69, 9.17) is 11.5 Å². The standard InChI is InChI=1S/C9H13BrN2/c1-9(2,12)7-5-6(11)3-4-8(7)10/h3-5H,11-12H2,1-2H3. The largest absolute Gasteiger partial charge is 0.399 e. The quantitative estimate of drug-likeness (QED) is 0.725. The van der Waals surface area contributed by atoms with Crippen LogP contribution in [0.2, 0.25) is 0 Å². The van der Waals surface area contributed by atoms with Crippen LogP contribution >= 0.6 is 15.9 Å². The summed E-state index contributed by atoms with van der Waals surface area (Å²) in [5, 5.41) is 0. The minimum atomic E-state index is -0.353. The molecule has 0 aliphatic rings. The maximum absolute atomic E-state index is 5.94. The van der Waals surface area contributed by atoms with Gasteiger partial charge in [0.1, 0.15) is 0 Å². The molecule has 0 aliphatic heterocycles. The third-order valence-corrected chi connectivity index (χ3v) is 2.38. The summed E-state index contributed by atoms with van der Waals surface area (Å²) < 4.78 is 1.00. The fraction of sp³-hybridized carbons (Fsp3) is 0.333. The van der Waals surface area contributed by atoms with Crippen molar-refractivity contribution in [2.24, 2.45) is 5.73 Å². The Balaban J connectivity index is 3.23. The molecule has 0 saturated carbocycles. The minimum absolute atomic E-state index is 0.353. The van der Waals surface area contributed by atoms with Crippen LogP contribution < -0.4 is 11.5 Å². The molecule has 0 radical (unpaired) electrons. The summed E-state index contributed by atoms with van der Waals surface area (Å²) in [6.07, 6.45) is 0. The van der Waals surface area contributed by atoms with Crippen molar-refractivity contribution < 1.29 is 0 Å². The number of hydrogen-bond donors (Lipinski definition) is 2. The smallest absolute Gasteiger partial charge is 0.0364 e. The molecule has 3 heteroatoms. The van der Waals surface area contributed by atoms with Gasteiger partial charge in [0.05, 0.1) is 0 Å². The fourth-order valence-electron chi connectivity index (χ4n) is 1.04. The van der Waals surface area contributed by atoms with Gasteiger partial charge >= 0.3 is 0 Å². The van der Waals surface area contributed by atoms with Crippen molar-refractivity contribution in [2.75, 3.05) is 5.73 Å². The Hall–Kier alpha value is -0.540. The molecule has 0 fully saturated rings. The molecule has 0 aliphatic carbocycles. The van der Waals surface area contributed by atoms with Crippen LogP contribution in [0.3, 0.4) is 0 Å². The summed E-state index contributed by atoms with van der Waals surface area (Å²) >= 11 is 3.43. The Morgan fingerprint density at radius 3 is 2.33 bits per heavy atom. The van der Waals surface area contributed by atoms with Gasteiger partial charge in [0.15, 0.2) is 0 Å². The first kappa shape index (κ1) is 9.55. The Morgan fingerprint density at radius 1 is 1.33 bits per heavy atom. The van der Waals surface area contributed by atoms with Gasteiger partial charge in [-0.1, -0.05) is 15.9 Å². The van der Waals surface area contributed by atoms with Gasteiger partial charge in [-0.25, -0.2) is 0 Å². The van der Waals surface area contributed by atoms with E-state index in [1.165, 1.54) is 0 Å². The van der Waals surface area contributed by atoms with Gasteiger partial charge in [0.2, 0.25) is 0 Å². The zero-order chi connectivity index (χ0) is 9.35.